The monoisotopic (exact) mass is 520 g/mol. The molecule has 0 aliphatic rings. The smallest absolute Gasteiger partial charge is 0.171 e. The number of aryl methyl sites for hydroxylation is 1. The molecule has 0 radical (unpaired) electrons. The van der Waals surface area contributed by atoms with Crippen LogP contribution >= 0.6 is 7.14 Å². The van der Waals surface area contributed by atoms with E-state index in [0.717, 1.165) is 21.5 Å². The third kappa shape index (κ3) is 4.46. The standard InChI is InChI=1S/C37H29OP/c1-3-4-13-29-25-30-26-37(35-19-12-11-18-34(35)36(30)24-27(29)2)28-20-22-33(23-21-28)39(38,31-14-7-5-8-15-31)32-16-9-6-10-17-32/h3-26H,1H2,2H3/b13-4-. The average molecular weight is 521 g/mol. The van der Waals surface area contributed by atoms with Crippen LogP contribution in [0.15, 0.2) is 146 Å². The van der Waals surface area contributed by atoms with Gasteiger partial charge >= 0.3 is 0 Å². The summed E-state index contributed by atoms with van der Waals surface area (Å²) in [4.78, 5) is 0. The summed E-state index contributed by atoms with van der Waals surface area (Å²) in [5.74, 6) is 0. The minimum Gasteiger partial charge on any atom is -0.309 e. The Labute approximate surface area is 230 Å². The van der Waals surface area contributed by atoms with Crippen molar-refractivity contribution in [3.8, 4) is 11.1 Å². The van der Waals surface area contributed by atoms with Gasteiger partial charge in [0.25, 0.3) is 0 Å². The molecular formula is C37H29OP. The van der Waals surface area contributed by atoms with Crippen molar-refractivity contribution in [2.24, 2.45) is 0 Å². The summed E-state index contributed by atoms with van der Waals surface area (Å²) < 4.78 is 14.8. The molecule has 0 fully saturated rings. The zero-order valence-corrected chi connectivity index (χ0v) is 22.8. The van der Waals surface area contributed by atoms with Gasteiger partial charge < -0.3 is 4.57 Å². The normalized spacial score (nSPS) is 11.8. The summed E-state index contributed by atoms with van der Waals surface area (Å²) in [5.41, 5.74) is 4.70. The van der Waals surface area contributed by atoms with Crippen molar-refractivity contribution in [1.82, 2.24) is 0 Å². The van der Waals surface area contributed by atoms with E-state index in [2.05, 4.69) is 74.2 Å². The fraction of sp³-hybridized carbons (Fsp3) is 0.0270. The first kappa shape index (κ1) is 24.9. The van der Waals surface area contributed by atoms with Gasteiger partial charge in [-0.1, -0.05) is 140 Å². The lowest BCUT2D eigenvalue weighted by Crippen LogP contribution is -2.24. The van der Waals surface area contributed by atoms with Crippen molar-refractivity contribution >= 4 is 50.7 Å². The van der Waals surface area contributed by atoms with Gasteiger partial charge in [0, 0.05) is 15.9 Å². The third-order valence-electron chi connectivity index (χ3n) is 7.44. The highest BCUT2D eigenvalue weighted by Gasteiger charge is 2.29. The van der Waals surface area contributed by atoms with Gasteiger partial charge in [-0.2, -0.15) is 0 Å². The van der Waals surface area contributed by atoms with Crippen LogP contribution in [0.1, 0.15) is 11.1 Å². The lowest BCUT2D eigenvalue weighted by atomic mass is 9.91. The molecule has 0 aliphatic carbocycles. The van der Waals surface area contributed by atoms with Crippen LogP contribution in [0.5, 0.6) is 0 Å². The second kappa shape index (κ2) is 10.4. The summed E-state index contributed by atoms with van der Waals surface area (Å²) in [6.07, 6.45) is 5.89. The van der Waals surface area contributed by atoms with Gasteiger partial charge in [0.1, 0.15) is 0 Å². The van der Waals surface area contributed by atoms with Crippen molar-refractivity contribution in [2.45, 2.75) is 6.92 Å². The molecule has 1 nitrogen and oxygen atoms in total. The molecule has 6 rings (SSSR count). The molecule has 0 bridgehead atoms. The van der Waals surface area contributed by atoms with Gasteiger partial charge in [0.15, 0.2) is 7.14 Å². The molecule has 0 atom stereocenters. The molecule has 0 saturated heterocycles. The largest absolute Gasteiger partial charge is 0.309 e. The first-order valence-electron chi connectivity index (χ1n) is 13.2. The van der Waals surface area contributed by atoms with E-state index < -0.39 is 7.14 Å². The van der Waals surface area contributed by atoms with Crippen LogP contribution in [0.4, 0.5) is 0 Å². The molecule has 2 heteroatoms. The minimum atomic E-state index is -3.01. The lowest BCUT2D eigenvalue weighted by molar-refractivity contribution is 0.592. The summed E-state index contributed by atoms with van der Waals surface area (Å²) in [5, 5.41) is 7.40. The molecule has 188 valence electrons. The quantitative estimate of drug-likeness (QED) is 0.122. The van der Waals surface area contributed by atoms with Crippen LogP contribution in [0.25, 0.3) is 38.7 Å². The number of hydrogen-bond acceptors (Lipinski definition) is 1. The number of hydrogen-bond donors (Lipinski definition) is 0. The number of benzene rings is 6. The summed E-state index contributed by atoms with van der Waals surface area (Å²) in [6, 6.07) is 43.4. The first-order chi connectivity index (χ1) is 19.1. The van der Waals surface area contributed by atoms with Crippen LogP contribution in [-0.2, 0) is 4.57 Å². The van der Waals surface area contributed by atoms with E-state index >= 15 is 0 Å². The molecule has 6 aromatic carbocycles. The van der Waals surface area contributed by atoms with Crippen molar-refractivity contribution in [3.63, 3.8) is 0 Å². The van der Waals surface area contributed by atoms with E-state index in [9.17, 15) is 4.57 Å². The van der Waals surface area contributed by atoms with Crippen LogP contribution in [-0.4, -0.2) is 0 Å². The summed E-state index contributed by atoms with van der Waals surface area (Å²) in [7, 11) is -3.01. The van der Waals surface area contributed by atoms with Crippen molar-refractivity contribution in [3.05, 3.63) is 157 Å². The molecule has 39 heavy (non-hydrogen) atoms. The minimum absolute atomic E-state index is 0.834. The Morgan fingerprint density at radius 3 is 1.79 bits per heavy atom. The Morgan fingerprint density at radius 2 is 1.18 bits per heavy atom. The first-order valence-corrected chi connectivity index (χ1v) is 14.9. The Morgan fingerprint density at radius 1 is 0.615 bits per heavy atom. The fourth-order valence-corrected chi connectivity index (χ4v) is 8.09. The lowest BCUT2D eigenvalue weighted by Gasteiger charge is -2.20. The van der Waals surface area contributed by atoms with Gasteiger partial charge in [-0.25, -0.2) is 0 Å². The van der Waals surface area contributed by atoms with Crippen LogP contribution in [0.3, 0.4) is 0 Å². The Kier molecular flexibility index (Phi) is 6.61. The van der Waals surface area contributed by atoms with Crippen molar-refractivity contribution in [2.75, 3.05) is 0 Å². The van der Waals surface area contributed by atoms with Gasteiger partial charge in [-0.05, 0) is 62.9 Å². The number of fused-ring (bicyclic) bond motifs is 3. The number of rotatable bonds is 6. The Bertz CT molecular complexity index is 1840. The summed E-state index contributed by atoms with van der Waals surface area (Å²) in [6.45, 7) is 5.97. The third-order valence-corrected chi connectivity index (χ3v) is 10.5. The molecule has 0 saturated carbocycles. The van der Waals surface area contributed by atoms with Gasteiger partial charge in [-0.3, -0.25) is 0 Å². The molecule has 0 aliphatic heterocycles. The average Bonchev–Trinajstić information content (AvgIpc) is 3.00. The highest BCUT2D eigenvalue weighted by molar-refractivity contribution is 7.85. The van der Waals surface area contributed by atoms with Crippen molar-refractivity contribution < 1.29 is 4.57 Å². The van der Waals surface area contributed by atoms with Gasteiger partial charge in [0.05, 0.1) is 0 Å². The SMILES string of the molecule is C=C/C=C\c1cc2cc(-c3ccc(P(=O)(c4ccccc4)c4ccccc4)cc3)c3ccccc3c2cc1C. The predicted octanol–water partition coefficient (Wildman–Crippen LogP) is 8.81. The van der Waals surface area contributed by atoms with E-state index in [0.29, 0.717) is 0 Å². The Hall–Kier alpha value is -4.45. The van der Waals surface area contributed by atoms with Crippen LogP contribution in [0, 0.1) is 6.92 Å². The zero-order valence-electron chi connectivity index (χ0n) is 21.9. The molecule has 0 heterocycles. The topological polar surface area (TPSA) is 17.1 Å². The predicted molar refractivity (Wildman–Crippen MR) is 170 cm³/mol. The van der Waals surface area contributed by atoms with E-state index in [1.807, 2.05) is 78.9 Å². The highest BCUT2D eigenvalue weighted by atomic mass is 31.2. The van der Waals surface area contributed by atoms with E-state index in [1.165, 1.54) is 38.2 Å². The van der Waals surface area contributed by atoms with E-state index in [1.54, 1.807) is 6.08 Å². The highest BCUT2D eigenvalue weighted by Crippen LogP contribution is 2.43. The Balaban J connectivity index is 1.53. The molecule has 6 aromatic rings. The molecular weight excluding hydrogens is 491 g/mol. The van der Waals surface area contributed by atoms with Crippen LogP contribution < -0.4 is 15.9 Å². The molecule has 0 N–H and O–H groups in total. The molecule has 0 spiro atoms. The second-order valence-electron chi connectivity index (χ2n) is 9.82. The maximum Gasteiger partial charge on any atom is 0.171 e. The molecule has 0 aromatic heterocycles. The molecule has 0 unspecified atom stereocenters. The van der Waals surface area contributed by atoms with E-state index in [-0.39, 0.29) is 0 Å². The maximum atomic E-state index is 14.8. The maximum absolute atomic E-state index is 14.8. The zero-order chi connectivity index (χ0) is 26.8. The fourth-order valence-electron chi connectivity index (χ4n) is 5.45. The summed E-state index contributed by atoms with van der Waals surface area (Å²) >= 11 is 0. The van der Waals surface area contributed by atoms with Gasteiger partial charge in [0.2, 0.25) is 0 Å². The van der Waals surface area contributed by atoms with Crippen LogP contribution in [0.2, 0.25) is 0 Å². The van der Waals surface area contributed by atoms with Gasteiger partial charge in [-0.15, -0.1) is 0 Å². The second-order valence-corrected chi connectivity index (χ2v) is 12.6. The van der Waals surface area contributed by atoms with Crippen molar-refractivity contribution in [1.29, 1.82) is 0 Å². The molecule has 0 amide bonds. The number of allylic oxidation sites excluding steroid dienone is 2. The van der Waals surface area contributed by atoms with E-state index in [4.69, 9.17) is 0 Å².